The smallest absolute Gasteiger partial charge is 0.307 e. The Bertz CT molecular complexity index is 536. The van der Waals surface area contributed by atoms with E-state index in [1.54, 1.807) is 12.1 Å². The van der Waals surface area contributed by atoms with Gasteiger partial charge in [0.15, 0.2) is 0 Å². The van der Waals surface area contributed by atoms with Crippen LogP contribution in [0.25, 0.3) is 0 Å². The Kier molecular flexibility index (Phi) is 4.57. The summed E-state index contributed by atoms with van der Waals surface area (Å²) in [4.78, 5) is 18.2. The summed E-state index contributed by atoms with van der Waals surface area (Å²) in [6, 6.07) is 5.83. The van der Waals surface area contributed by atoms with Crippen LogP contribution in [0.4, 0.5) is 5.82 Å². The van der Waals surface area contributed by atoms with Crippen LogP contribution in [0.1, 0.15) is 36.9 Å². The van der Waals surface area contributed by atoms with Gasteiger partial charge in [-0.25, -0.2) is 4.98 Å². The van der Waals surface area contributed by atoms with Crippen molar-refractivity contribution in [2.24, 2.45) is 0 Å². The molecule has 20 heavy (non-hydrogen) atoms. The van der Waals surface area contributed by atoms with Crippen molar-refractivity contribution in [1.82, 2.24) is 4.98 Å². The van der Waals surface area contributed by atoms with Crippen molar-refractivity contribution in [2.45, 2.75) is 38.6 Å². The maximum Gasteiger partial charge on any atom is 0.307 e. The van der Waals surface area contributed by atoms with Crippen LogP contribution >= 0.6 is 0 Å². The molecule has 5 nitrogen and oxygen atoms in total. The Morgan fingerprint density at radius 3 is 3.05 bits per heavy atom. The normalized spacial score (nSPS) is 18.4. The number of anilines is 1. The number of hydrogen-bond acceptors (Lipinski definition) is 5. The summed E-state index contributed by atoms with van der Waals surface area (Å²) >= 11 is 0. The van der Waals surface area contributed by atoms with Gasteiger partial charge in [0.1, 0.15) is 5.82 Å². The monoisotopic (exact) mass is 273 g/mol. The highest BCUT2D eigenvalue weighted by Gasteiger charge is 2.26. The summed E-state index contributed by atoms with van der Waals surface area (Å²) in [5.41, 5.74) is 1.43. The summed E-state index contributed by atoms with van der Waals surface area (Å²) in [7, 11) is 1.41. The van der Waals surface area contributed by atoms with Crippen molar-refractivity contribution >= 4 is 11.8 Å². The third kappa shape index (κ3) is 3.27. The van der Waals surface area contributed by atoms with Crippen molar-refractivity contribution in [3.63, 3.8) is 0 Å². The molecule has 1 aliphatic rings. The highest BCUT2D eigenvalue weighted by atomic mass is 16.5. The molecule has 0 aliphatic carbocycles. The quantitative estimate of drug-likeness (QED) is 0.790. The van der Waals surface area contributed by atoms with Crippen LogP contribution in [0.3, 0.4) is 0 Å². The van der Waals surface area contributed by atoms with Gasteiger partial charge in [-0.2, -0.15) is 5.26 Å². The number of nitriles is 1. The molecule has 1 fully saturated rings. The summed E-state index contributed by atoms with van der Waals surface area (Å²) in [6.45, 7) is 2.74. The second-order valence-corrected chi connectivity index (χ2v) is 5.09. The molecule has 0 aromatic carbocycles. The van der Waals surface area contributed by atoms with Crippen LogP contribution in [0.5, 0.6) is 0 Å². The number of carbonyl (C=O) groups excluding carboxylic acids is 1. The second-order valence-electron chi connectivity index (χ2n) is 5.09. The van der Waals surface area contributed by atoms with Crippen molar-refractivity contribution in [3.8, 4) is 6.07 Å². The fraction of sp³-hybridized carbons (Fsp3) is 0.533. The molecule has 2 heterocycles. The average Bonchev–Trinajstić information content (AvgIpc) is 2.47. The van der Waals surface area contributed by atoms with E-state index >= 15 is 0 Å². The van der Waals surface area contributed by atoms with E-state index in [2.05, 4.69) is 16.0 Å². The van der Waals surface area contributed by atoms with Crippen LogP contribution in [0.15, 0.2) is 12.1 Å². The zero-order valence-electron chi connectivity index (χ0n) is 11.9. The first-order chi connectivity index (χ1) is 9.63. The third-order valence-electron chi connectivity index (χ3n) is 3.62. The van der Waals surface area contributed by atoms with E-state index in [0.29, 0.717) is 12.0 Å². The van der Waals surface area contributed by atoms with Gasteiger partial charge >= 0.3 is 5.97 Å². The Hall–Kier alpha value is -2.09. The van der Waals surface area contributed by atoms with Gasteiger partial charge in [-0.15, -0.1) is 0 Å². The van der Waals surface area contributed by atoms with Crippen LogP contribution in [0, 0.1) is 18.3 Å². The molecule has 2 rings (SSSR count). The molecular weight excluding hydrogens is 254 g/mol. The van der Waals surface area contributed by atoms with Crippen LogP contribution in [-0.4, -0.2) is 30.6 Å². The van der Waals surface area contributed by atoms with Gasteiger partial charge in [0.2, 0.25) is 0 Å². The first-order valence-electron chi connectivity index (χ1n) is 6.86. The van der Waals surface area contributed by atoms with Crippen molar-refractivity contribution in [3.05, 3.63) is 23.4 Å². The maximum absolute atomic E-state index is 11.5. The van der Waals surface area contributed by atoms with Crippen LogP contribution in [0.2, 0.25) is 0 Å². The molecular formula is C15H19N3O2. The minimum Gasteiger partial charge on any atom is -0.469 e. The van der Waals surface area contributed by atoms with E-state index in [1.165, 1.54) is 7.11 Å². The van der Waals surface area contributed by atoms with Gasteiger partial charge in [-0.3, -0.25) is 4.79 Å². The Labute approximate surface area is 119 Å². The molecule has 0 saturated carbocycles. The number of aryl methyl sites for hydroxylation is 1. The predicted molar refractivity (Wildman–Crippen MR) is 75.3 cm³/mol. The SMILES string of the molecule is COC(=O)CC1CCCCN1c1cc(C#N)cc(C)n1. The first-order valence-corrected chi connectivity index (χ1v) is 6.86. The lowest BCUT2D eigenvalue weighted by atomic mass is 9.99. The number of ether oxygens (including phenoxy) is 1. The lowest BCUT2D eigenvalue weighted by Gasteiger charge is -2.36. The minimum atomic E-state index is -0.199. The molecule has 1 unspecified atom stereocenters. The van der Waals surface area contributed by atoms with Crippen LogP contribution < -0.4 is 4.90 Å². The van der Waals surface area contributed by atoms with Gasteiger partial charge < -0.3 is 9.64 Å². The van der Waals surface area contributed by atoms with E-state index in [0.717, 1.165) is 37.3 Å². The third-order valence-corrected chi connectivity index (χ3v) is 3.62. The summed E-state index contributed by atoms with van der Waals surface area (Å²) in [6.07, 6.45) is 3.50. The highest BCUT2D eigenvalue weighted by molar-refractivity contribution is 5.70. The van der Waals surface area contributed by atoms with Crippen molar-refractivity contribution in [1.29, 1.82) is 5.26 Å². The number of aromatic nitrogens is 1. The molecule has 1 atom stereocenters. The minimum absolute atomic E-state index is 0.108. The predicted octanol–water partition coefficient (Wildman–Crippen LogP) is 2.18. The van der Waals surface area contributed by atoms with Gasteiger partial charge in [0, 0.05) is 18.3 Å². The fourth-order valence-corrected chi connectivity index (χ4v) is 2.65. The Morgan fingerprint density at radius 2 is 2.35 bits per heavy atom. The lowest BCUT2D eigenvalue weighted by molar-refractivity contribution is -0.141. The Morgan fingerprint density at radius 1 is 1.55 bits per heavy atom. The van der Waals surface area contributed by atoms with E-state index in [-0.39, 0.29) is 12.0 Å². The number of esters is 1. The molecule has 0 bridgehead atoms. The van der Waals surface area contributed by atoms with E-state index in [4.69, 9.17) is 10.00 Å². The van der Waals surface area contributed by atoms with Crippen LogP contribution in [-0.2, 0) is 9.53 Å². The highest BCUT2D eigenvalue weighted by Crippen LogP contribution is 2.26. The number of rotatable bonds is 3. The number of pyridine rings is 1. The summed E-state index contributed by atoms with van der Waals surface area (Å²) in [5.74, 6) is 0.588. The van der Waals surface area contributed by atoms with Crippen molar-refractivity contribution < 1.29 is 9.53 Å². The van der Waals surface area contributed by atoms with Crippen molar-refractivity contribution in [2.75, 3.05) is 18.6 Å². The number of piperidine rings is 1. The van der Waals surface area contributed by atoms with Gasteiger partial charge in [-0.1, -0.05) is 0 Å². The number of carbonyl (C=O) groups is 1. The second kappa shape index (κ2) is 6.38. The summed E-state index contributed by atoms with van der Waals surface area (Å²) in [5, 5.41) is 9.06. The molecule has 1 saturated heterocycles. The standard InChI is InChI=1S/C15H19N3O2/c1-11-7-12(10-16)8-14(17-11)18-6-4-3-5-13(18)9-15(19)20-2/h7-8,13H,3-6,9H2,1-2H3. The van der Waals surface area contributed by atoms with Gasteiger partial charge in [-0.05, 0) is 38.3 Å². The molecule has 5 heteroatoms. The molecule has 0 amide bonds. The zero-order chi connectivity index (χ0) is 14.5. The van der Waals surface area contributed by atoms with Gasteiger partial charge in [0.25, 0.3) is 0 Å². The molecule has 0 spiro atoms. The topological polar surface area (TPSA) is 66.2 Å². The maximum atomic E-state index is 11.5. The zero-order valence-corrected chi connectivity index (χ0v) is 11.9. The number of hydrogen-bond donors (Lipinski definition) is 0. The summed E-state index contributed by atoms with van der Waals surface area (Å²) < 4.78 is 4.77. The molecule has 1 aliphatic heterocycles. The largest absolute Gasteiger partial charge is 0.469 e. The molecule has 0 N–H and O–H groups in total. The average molecular weight is 273 g/mol. The fourth-order valence-electron chi connectivity index (χ4n) is 2.65. The molecule has 0 radical (unpaired) electrons. The van der Waals surface area contributed by atoms with E-state index in [1.807, 2.05) is 6.92 Å². The molecule has 1 aromatic heterocycles. The molecule has 106 valence electrons. The molecule has 1 aromatic rings. The number of methoxy groups -OCH3 is 1. The first kappa shape index (κ1) is 14.3. The van der Waals surface area contributed by atoms with Gasteiger partial charge in [0.05, 0.1) is 25.2 Å². The van der Waals surface area contributed by atoms with E-state index < -0.39 is 0 Å². The number of nitrogens with zero attached hydrogens (tertiary/aromatic N) is 3. The van der Waals surface area contributed by atoms with E-state index in [9.17, 15) is 4.79 Å². The Balaban J connectivity index is 2.25. The lowest BCUT2D eigenvalue weighted by Crippen LogP contribution is -2.41.